The number of amides is 1. The summed E-state index contributed by atoms with van der Waals surface area (Å²) in [4.78, 5) is 14.3. The summed E-state index contributed by atoms with van der Waals surface area (Å²) in [5.41, 5.74) is -0.338. The van der Waals surface area contributed by atoms with Gasteiger partial charge in [0.25, 0.3) is 0 Å². The molecule has 140 valence electrons. The molecule has 0 aromatic carbocycles. The molecule has 2 rings (SSSR count). The molecule has 0 aromatic rings. The first-order valence-corrected chi connectivity index (χ1v) is 9.44. The lowest BCUT2D eigenvalue weighted by molar-refractivity contribution is 0.0200. The monoisotopic (exact) mass is 340 g/mol. The van der Waals surface area contributed by atoms with Crippen LogP contribution < -0.4 is 5.32 Å². The minimum Gasteiger partial charge on any atom is -0.444 e. The highest BCUT2D eigenvalue weighted by atomic mass is 16.6. The summed E-state index contributed by atoms with van der Waals surface area (Å²) in [5.74, 6) is 0.729. The molecule has 2 fully saturated rings. The van der Waals surface area contributed by atoms with Gasteiger partial charge in [0.05, 0.1) is 0 Å². The van der Waals surface area contributed by atoms with Gasteiger partial charge in [-0.3, -0.25) is 0 Å². The van der Waals surface area contributed by atoms with E-state index in [1.807, 2.05) is 25.7 Å². The SMILES string of the molecule is CC1(C)CC(NCC2CCOCC2)CCN(C(=O)OC(C)(C)C)C1. The summed E-state index contributed by atoms with van der Waals surface area (Å²) in [7, 11) is 0. The van der Waals surface area contributed by atoms with Crippen LogP contribution in [0.4, 0.5) is 4.79 Å². The fourth-order valence-electron chi connectivity index (χ4n) is 3.68. The second-order valence-electron chi connectivity index (χ2n) is 9.22. The molecular formula is C19H36N2O3. The Morgan fingerprint density at radius 3 is 2.54 bits per heavy atom. The predicted octanol–water partition coefficient (Wildman–Crippen LogP) is 3.43. The Morgan fingerprint density at radius 2 is 1.92 bits per heavy atom. The Kier molecular flexibility index (Phi) is 6.54. The van der Waals surface area contributed by atoms with Gasteiger partial charge >= 0.3 is 6.09 Å². The van der Waals surface area contributed by atoms with E-state index in [4.69, 9.17) is 9.47 Å². The molecule has 1 N–H and O–H groups in total. The number of nitrogens with zero attached hydrogens (tertiary/aromatic N) is 1. The average molecular weight is 341 g/mol. The van der Waals surface area contributed by atoms with Crippen molar-refractivity contribution in [1.82, 2.24) is 10.2 Å². The third-order valence-corrected chi connectivity index (χ3v) is 4.85. The van der Waals surface area contributed by atoms with Gasteiger partial charge in [0.15, 0.2) is 0 Å². The molecule has 0 saturated carbocycles. The van der Waals surface area contributed by atoms with Gasteiger partial charge in [-0.1, -0.05) is 13.8 Å². The lowest BCUT2D eigenvalue weighted by atomic mass is 9.85. The van der Waals surface area contributed by atoms with Crippen molar-refractivity contribution in [1.29, 1.82) is 0 Å². The Labute approximate surface area is 147 Å². The van der Waals surface area contributed by atoms with E-state index in [1.165, 1.54) is 0 Å². The molecule has 1 amide bonds. The molecule has 2 aliphatic heterocycles. The summed E-state index contributed by atoms with van der Waals surface area (Å²) in [6, 6.07) is 0.468. The van der Waals surface area contributed by atoms with E-state index in [1.54, 1.807) is 0 Å². The molecule has 2 heterocycles. The standard InChI is InChI=1S/C19H36N2O3/c1-18(2,3)24-17(22)21-9-6-16(12-19(4,5)14-21)20-13-15-7-10-23-11-8-15/h15-16,20H,6-14H2,1-5H3. The largest absolute Gasteiger partial charge is 0.444 e. The van der Waals surface area contributed by atoms with Gasteiger partial charge in [0, 0.05) is 32.3 Å². The van der Waals surface area contributed by atoms with Crippen LogP contribution in [0.5, 0.6) is 0 Å². The normalized spacial score (nSPS) is 26.0. The van der Waals surface area contributed by atoms with Gasteiger partial charge in [-0.05, 0) is 64.3 Å². The summed E-state index contributed by atoms with van der Waals surface area (Å²) < 4.78 is 11.0. The van der Waals surface area contributed by atoms with Crippen molar-refractivity contribution < 1.29 is 14.3 Å². The molecule has 0 radical (unpaired) electrons. The number of ether oxygens (including phenoxy) is 2. The van der Waals surface area contributed by atoms with Crippen LogP contribution in [0, 0.1) is 11.3 Å². The van der Waals surface area contributed by atoms with E-state index in [9.17, 15) is 4.79 Å². The summed E-state index contributed by atoms with van der Waals surface area (Å²) in [6.07, 6.45) is 4.22. The molecule has 5 nitrogen and oxygen atoms in total. The molecule has 0 bridgehead atoms. The molecule has 1 atom stereocenters. The molecule has 0 spiro atoms. The molecule has 0 aliphatic carbocycles. The lowest BCUT2D eigenvalue weighted by Gasteiger charge is -2.32. The topological polar surface area (TPSA) is 50.8 Å². The van der Waals surface area contributed by atoms with Crippen molar-refractivity contribution in [2.75, 3.05) is 32.8 Å². The van der Waals surface area contributed by atoms with Gasteiger partial charge in [-0.2, -0.15) is 0 Å². The van der Waals surface area contributed by atoms with E-state index in [0.29, 0.717) is 6.04 Å². The second kappa shape index (κ2) is 8.05. The minimum absolute atomic E-state index is 0.0980. The maximum Gasteiger partial charge on any atom is 0.410 e. The zero-order valence-corrected chi connectivity index (χ0v) is 16.2. The minimum atomic E-state index is -0.436. The highest BCUT2D eigenvalue weighted by Crippen LogP contribution is 2.29. The maximum absolute atomic E-state index is 12.4. The Morgan fingerprint density at radius 1 is 1.25 bits per heavy atom. The predicted molar refractivity (Wildman–Crippen MR) is 96.2 cm³/mol. The van der Waals surface area contributed by atoms with Gasteiger partial charge in [-0.25, -0.2) is 4.79 Å². The first kappa shape index (κ1) is 19.5. The van der Waals surface area contributed by atoms with Crippen LogP contribution in [0.25, 0.3) is 0 Å². The number of hydrogen-bond acceptors (Lipinski definition) is 4. The fraction of sp³-hybridized carbons (Fsp3) is 0.947. The molecule has 0 aromatic heterocycles. The molecule has 2 aliphatic rings. The van der Waals surface area contributed by atoms with E-state index in [0.717, 1.165) is 64.4 Å². The number of rotatable bonds is 3. The fourth-order valence-corrected chi connectivity index (χ4v) is 3.68. The zero-order chi connectivity index (χ0) is 17.8. The zero-order valence-electron chi connectivity index (χ0n) is 16.2. The smallest absolute Gasteiger partial charge is 0.410 e. The van der Waals surface area contributed by atoms with E-state index in [-0.39, 0.29) is 11.5 Å². The number of carbonyl (C=O) groups is 1. The first-order valence-electron chi connectivity index (χ1n) is 9.44. The van der Waals surface area contributed by atoms with Gasteiger partial charge < -0.3 is 19.7 Å². The Balaban J connectivity index is 1.87. The van der Waals surface area contributed by atoms with Crippen molar-refractivity contribution in [3.8, 4) is 0 Å². The third kappa shape index (κ3) is 6.60. The Bertz CT molecular complexity index is 411. The van der Waals surface area contributed by atoms with Crippen LogP contribution >= 0.6 is 0 Å². The van der Waals surface area contributed by atoms with E-state index in [2.05, 4.69) is 19.2 Å². The van der Waals surface area contributed by atoms with Crippen molar-refractivity contribution in [3.63, 3.8) is 0 Å². The van der Waals surface area contributed by atoms with Gasteiger partial charge in [0.2, 0.25) is 0 Å². The van der Waals surface area contributed by atoms with Crippen LogP contribution in [0.3, 0.4) is 0 Å². The van der Waals surface area contributed by atoms with Crippen molar-refractivity contribution in [2.24, 2.45) is 11.3 Å². The molecule has 24 heavy (non-hydrogen) atoms. The number of hydrogen-bond donors (Lipinski definition) is 1. The summed E-state index contributed by atoms with van der Waals surface area (Å²) >= 11 is 0. The van der Waals surface area contributed by atoms with Crippen LogP contribution in [0.2, 0.25) is 0 Å². The van der Waals surface area contributed by atoms with E-state index < -0.39 is 5.60 Å². The first-order chi connectivity index (χ1) is 11.1. The van der Waals surface area contributed by atoms with Crippen LogP contribution in [-0.2, 0) is 9.47 Å². The van der Waals surface area contributed by atoms with Crippen LogP contribution in [-0.4, -0.2) is 55.5 Å². The van der Waals surface area contributed by atoms with Crippen molar-refractivity contribution >= 4 is 6.09 Å². The molecular weight excluding hydrogens is 304 g/mol. The van der Waals surface area contributed by atoms with Crippen LogP contribution in [0.1, 0.15) is 60.3 Å². The van der Waals surface area contributed by atoms with Crippen molar-refractivity contribution in [3.05, 3.63) is 0 Å². The molecule has 1 unspecified atom stereocenters. The Hall–Kier alpha value is -0.810. The summed E-state index contributed by atoms with van der Waals surface area (Å²) in [5, 5.41) is 3.76. The van der Waals surface area contributed by atoms with Gasteiger partial charge in [-0.15, -0.1) is 0 Å². The molecule has 2 saturated heterocycles. The molecule has 5 heteroatoms. The van der Waals surface area contributed by atoms with E-state index >= 15 is 0 Å². The highest BCUT2D eigenvalue weighted by molar-refractivity contribution is 5.68. The average Bonchev–Trinajstić information content (AvgIpc) is 2.62. The maximum atomic E-state index is 12.4. The number of carbonyl (C=O) groups excluding carboxylic acids is 1. The third-order valence-electron chi connectivity index (χ3n) is 4.85. The quantitative estimate of drug-likeness (QED) is 0.855. The van der Waals surface area contributed by atoms with Crippen molar-refractivity contribution in [2.45, 2.75) is 71.9 Å². The number of likely N-dealkylation sites (tertiary alicyclic amines) is 1. The lowest BCUT2D eigenvalue weighted by Crippen LogP contribution is -2.41. The highest BCUT2D eigenvalue weighted by Gasteiger charge is 2.34. The number of nitrogens with one attached hydrogen (secondary N) is 1. The van der Waals surface area contributed by atoms with Crippen LogP contribution in [0.15, 0.2) is 0 Å². The summed E-state index contributed by atoms with van der Waals surface area (Å²) in [6.45, 7) is 14.7. The second-order valence-corrected chi connectivity index (χ2v) is 9.22. The van der Waals surface area contributed by atoms with Gasteiger partial charge in [0.1, 0.15) is 5.60 Å².